The van der Waals surface area contributed by atoms with Crippen LogP contribution < -0.4 is 0 Å². The van der Waals surface area contributed by atoms with Crippen molar-refractivity contribution in [1.82, 2.24) is 9.80 Å². The second-order valence-corrected chi connectivity index (χ2v) is 7.18. The number of benzene rings is 1. The van der Waals surface area contributed by atoms with Gasteiger partial charge in [-0.1, -0.05) is 24.3 Å². The fraction of sp³-hybridized carbons (Fsp3) is 0.684. The second-order valence-electron chi connectivity index (χ2n) is 7.18. The van der Waals surface area contributed by atoms with Gasteiger partial charge in [0, 0.05) is 26.2 Å². The molecule has 2 fully saturated rings. The first-order valence-corrected chi connectivity index (χ1v) is 8.88. The smallest absolute Gasteiger partial charge is 0.0564 e. The summed E-state index contributed by atoms with van der Waals surface area (Å²) >= 11 is 0. The normalized spacial score (nSPS) is 23.0. The van der Waals surface area contributed by atoms with Gasteiger partial charge in [0.25, 0.3) is 0 Å². The molecule has 3 heteroatoms. The van der Waals surface area contributed by atoms with E-state index in [9.17, 15) is 5.11 Å². The van der Waals surface area contributed by atoms with Crippen LogP contribution >= 0.6 is 0 Å². The van der Waals surface area contributed by atoms with E-state index in [0.29, 0.717) is 0 Å². The number of aryl methyl sites for hydroxylation is 1. The number of rotatable bonds is 4. The van der Waals surface area contributed by atoms with Crippen molar-refractivity contribution in [2.45, 2.75) is 45.3 Å². The zero-order valence-corrected chi connectivity index (χ0v) is 13.9. The number of hydrogen-bond donors (Lipinski definition) is 1. The predicted octanol–water partition coefficient (Wildman–Crippen LogP) is 2.66. The molecule has 0 aliphatic carbocycles. The Labute approximate surface area is 134 Å². The summed E-state index contributed by atoms with van der Waals surface area (Å²) in [7, 11) is 0. The van der Waals surface area contributed by atoms with Gasteiger partial charge in [0.05, 0.1) is 6.10 Å². The van der Waals surface area contributed by atoms with Crippen molar-refractivity contribution >= 4 is 0 Å². The molecule has 1 aromatic rings. The molecule has 2 aliphatic heterocycles. The lowest BCUT2D eigenvalue weighted by molar-refractivity contribution is 0.0644. The van der Waals surface area contributed by atoms with E-state index >= 15 is 0 Å². The molecule has 22 heavy (non-hydrogen) atoms. The van der Waals surface area contributed by atoms with Gasteiger partial charge in [0.1, 0.15) is 0 Å². The van der Waals surface area contributed by atoms with Gasteiger partial charge < -0.3 is 10.0 Å². The number of piperidine rings is 2. The Morgan fingerprint density at radius 3 is 2.27 bits per heavy atom. The highest BCUT2D eigenvalue weighted by Crippen LogP contribution is 2.22. The minimum Gasteiger partial charge on any atom is -0.393 e. The summed E-state index contributed by atoms with van der Waals surface area (Å²) in [6.07, 6.45) is 4.53. The van der Waals surface area contributed by atoms with Crippen molar-refractivity contribution in [1.29, 1.82) is 0 Å². The minimum atomic E-state index is -0.0489. The van der Waals surface area contributed by atoms with E-state index in [1.807, 2.05) is 0 Å². The second kappa shape index (κ2) is 7.58. The highest BCUT2D eigenvalue weighted by atomic mass is 16.3. The molecule has 0 unspecified atom stereocenters. The molecule has 0 bridgehead atoms. The van der Waals surface area contributed by atoms with Crippen LogP contribution in [-0.2, 0) is 6.54 Å². The van der Waals surface area contributed by atoms with E-state index in [0.717, 1.165) is 38.4 Å². The van der Waals surface area contributed by atoms with E-state index in [1.165, 1.54) is 43.6 Å². The van der Waals surface area contributed by atoms with Gasteiger partial charge in [-0.3, -0.25) is 4.90 Å². The monoisotopic (exact) mass is 302 g/mol. The summed E-state index contributed by atoms with van der Waals surface area (Å²) in [6.45, 7) is 9.20. The average molecular weight is 302 g/mol. The molecule has 0 aromatic heterocycles. The maximum Gasteiger partial charge on any atom is 0.0564 e. The third kappa shape index (κ3) is 4.31. The number of hydrogen-bond acceptors (Lipinski definition) is 3. The minimum absolute atomic E-state index is 0.0489. The molecular weight excluding hydrogens is 272 g/mol. The molecule has 3 rings (SSSR count). The molecule has 3 nitrogen and oxygen atoms in total. The molecule has 2 heterocycles. The fourth-order valence-corrected chi connectivity index (χ4v) is 3.82. The van der Waals surface area contributed by atoms with Crippen molar-refractivity contribution in [2.24, 2.45) is 5.92 Å². The van der Waals surface area contributed by atoms with Gasteiger partial charge in [0.15, 0.2) is 0 Å². The van der Waals surface area contributed by atoms with E-state index in [4.69, 9.17) is 0 Å². The van der Waals surface area contributed by atoms with Gasteiger partial charge in [-0.2, -0.15) is 0 Å². The molecule has 0 amide bonds. The Morgan fingerprint density at radius 1 is 0.955 bits per heavy atom. The van der Waals surface area contributed by atoms with Crippen LogP contribution in [0.25, 0.3) is 0 Å². The van der Waals surface area contributed by atoms with Crippen LogP contribution in [0.5, 0.6) is 0 Å². The summed E-state index contributed by atoms with van der Waals surface area (Å²) in [5.74, 6) is 0.850. The predicted molar refractivity (Wildman–Crippen MR) is 90.9 cm³/mol. The Kier molecular flexibility index (Phi) is 5.51. The highest BCUT2D eigenvalue weighted by Gasteiger charge is 2.24. The molecule has 1 N–H and O–H groups in total. The lowest BCUT2D eigenvalue weighted by Crippen LogP contribution is -2.42. The van der Waals surface area contributed by atoms with Crippen LogP contribution in [0.2, 0.25) is 0 Å². The maximum atomic E-state index is 9.60. The molecule has 122 valence electrons. The van der Waals surface area contributed by atoms with E-state index in [-0.39, 0.29) is 6.10 Å². The molecule has 1 aromatic carbocycles. The molecule has 0 saturated carbocycles. The first-order valence-electron chi connectivity index (χ1n) is 8.88. The van der Waals surface area contributed by atoms with Gasteiger partial charge >= 0.3 is 0 Å². The third-order valence-corrected chi connectivity index (χ3v) is 5.44. The molecule has 0 radical (unpaired) electrons. The fourth-order valence-electron chi connectivity index (χ4n) is 3.82. The van der Waals surface area contributed by atoms with Crippen LogP contribution in [0.15, 0.2) is 24.3 Å². The van der Waals surface area contributed by atoms with Gasteiger partial charge in [-0.25, -0.2) is 0 Å². The number of aliphatic hydroxyl groups excluding tert-OH is 1. The molecule has 2 aliphatic rings. The van der Waals surface area contributed by atoms with Crippen molar-refractivity contribution in [2.75, 3.05) is 32.7 Å². The van der Waals surface area contributed by atoms with Crippen LogP contribution in [0.3, 0.4) is 0 Å². The van der Waals surface area contributed by atoms with Crippen molar-refractivity contribution < 1.29 is 5.11 Å². The topological polar surface area (TPSA) is 26.7 Å². The zero-order chi connectivity index (χ0) is 15.4. The van der Waals surface area contributed by atoms with Crippen LogP contribution in [0, 0.1) is 12.8 Å². The Hall–Kier alpha value is -0.900. The van der Waals surface area contributed by atoms with E-state index < -0.39 is 0 Å². The summed E-state index contributed by atoms with van der Waals surface area (Å²) in [4.78, 5) is 5.17. The molecule has 2 saturated heterocycles. The highest BCUT2D eigenvalue weighted by molar-refractivity contribution is 5.25. The van der Waals surface area contributed by atoms with Crippen molar-refractivity contribution in [3.63, 3.8) is 0 Å². The summed E-state index contributed by atoms with van der Waals surface area (Å²) < 4.78 is 0. The maximum absolute atomic E-state index is 9.60. The Morgan fingerprint density at radius 2 is 1.59 bits per heavy atom. The SMILES string of the molecule is Cc1ccccc1CN1CCC(CN2CCC(O)CC2)CC1. The molecular formula is C19H30N2O. The Bertz CT molecular complexity index is 460. The lowest BCUT2D eigenvalue weighted by atomic mass is 9.94. The van der Waals surface area contributed by atoms with Crippen molar-refractivity contribution in [3.05, 3.63) is 35.4 Å². The van der Waals surface area contributed by atoms with Crippen LogP contribution in [0.4, 0.5) is 0 Å². The van der Waals surface area contributed by atoms with Crippen LogP contribution in [0.1, 0.15) is 36.8 Å². The Balaban J connectivity index is 1.42. The average Bonchev–Trinajstić information content (AvgIpc) is 2.54. The largest absolute Gasteiger partial charge is 0.393 e. The van der Waals surface area contributed by atoms with E-state index in [1.54, 1.807) is 0 Å². The summed E-state index contributed by atoms with van der Waals surface area (Å²) in [6, 6.07) is 8.76. The lowest BCUT2D eigenvalue weighted by Gasteiger charge is -2.37. The van der Waals surface area contributed by atoms with E-state index in [2.05, 4.69) is 41.0 Å². The zero-order valence-electron chi connectivity index (χ0n) is 13.9. The number of nitrogens with zero attached hydrogens (tertiary/aromatic N) is 2. The summed E-state index contributed by atoms with van der Waals surface area (Å²) in [5.41, 5.74) is 2.89. The number of aliphatic hydroxyl groups is 1. The van der Waals surface area contributed by atoms with Crippen LogP contribution in [-0.4, -0.2) is 53.7 Å². The molecule has 0 spiro atoms. The number of likely N-dealkylation sites (tertiary alicyclic amines) is 2. The van der Waals surface area contributed by atoms with Gasteiger partial charge in [0.2, 0.25) is 0 Å². The van der Waals surface area contributed by atoms with Gasteiger partial charge in [-0.05, 0) is 62.7 Å². The molecule has 0 atom stereocenters. The first-order chi connectivity index (χ1) is 10.7. The van der Waals surface area contributed by atoms with Gasteiger partial charge in [-0.15, -0.1) is 0 Å². The third-order valence-electron chi connectivity index (χ3n) is 5.44. The summed E-state index contributed by atoms with van der Waals surface area (Å²) in [5, 5.41) is 9.60. The first kappa shape index (κ1) is 16.0. The standard InChI is InChI=1S/C19H30N2O/c1-16-4-2-3-5-18(16)15-21-10-6-17(7-11-21)14-20-12-8-19(22)9-13-20/h2-5,17,19,22H,6-15H2,1H3. The van der Waals surface area contributed by atoms with Crippen molar-refractivity contribution in [3.8, 4) is 0 Å². The quantitative estimate of drug-likeness (QED) is 0.926.